The van der Waals surface area contributed by atoms with Crippen molar-refractivity contribution in [2.24, 2.45) is 0 Å². The molecular weight excluding hydrogens is 442 g/mol. The maximum atomic E-state index is 13.3. The van der Waals surface area contributed by atoms with Gasteiger partial charge in [-0.1, -0.05) is 42.5 Å². The van der Waals surface area contributed by atoms with Crippen LogP contribution in [-0.2, 0) is 6.42 Å². The Morgan fingerprint density at radius 3 is 2.51 bits per heavy atom. The van der Waals surface area contributed by atoms with Crippen LogP contribution in [0.3, 0.4) is 0 Å². The number of nitrogens with zero attached hydrogens (tertiary/aromatic N) is 3. The molecule has 8 nitrogen and oxygen atoms in total. The van der Waals surface area contributed by atoms with E-state index in [-0.39, 0.29) is 18.5 Å². The Bertz CT molecular complexity index is 1560. The Morgan fingerprint density at radius 1 is 0.943 bits per heavy atom. The summed E-state index contributed by atoms with van der Waals surface area (Å²) in [7, 11) is 0. The predicted octanol–water partition coefficient (Wildman–Crippen LogP) is 4.25. The Balaban J connectivity index is 1.38. The lowest BCUT2D eigenvalue weighted by atomic mass is 10.1. The highest BCUT2D eigenvalue weighted by Gasteiger charge is 2.25. The predicted molar refractivity (Wildman–Crippen MR) is 134 cm³/mol. The molecule has 0 atom stereocenters. The maximum absolute atomic E-state index is 13.3. The van der Waals surface area contributed by atoms with Crippen LogP contribution < -0.4 is 20.5 Å². The van der Waals surface area contributed by atoms with Crippen molar-refractivity contribution >= 4 is 33.9 Å². The first-order valence-electron chi connectivity index (χ1n) is 11.5. The molecule has 0 saturated carbocycles. The third-order valence-corrected chi connectivity index (χ3v) is 6.11. The second-order valence-corrected chi connectivity index (χ2v) is 8.36. The minimum absolute atomic E-state index is 0.168. The number of aryl methyl sites for hydroxylation is 1. The van der Waals surface area contributed by atoms with Crippen LogP contribution in [0.4, 0.5) is 5.82 Å². The van der Waals surface area contributed by atoms with Crippen molar-refractivity contribution in [3.63, 3.8) is 0 Å². The van der Waals surface area contributed by atoms with Crippen molar-refractivity contribution in [3.05, 3.63) is 83.9 Å². The zero-order chi connectivity index (χ0) is 23.8. The van der Waals surface area contributed by atoms with Crippen LogP contribution >= 0.6 is 0 Å². The van der Waals surface area contributed by atoms with Crippen molar-refractivity contribution < 1.29 is 14.3 Å². The van der Waals surface area contributed by atoms with Crippen LogP contribution in [0, 0.1) is 0 Å². The summed E-state index contributed by atoms with van der Waals surface area (Å²) in [5, 5.41) is 3.01. The summed E-state index contributed by atoms with van der Waals surface area (Å²) in [5.41, 5.74) is 11.2. The number of carbonyl (C=O) groups is 1. The fourth-order valence-corrected chi connectivity index (χ4v) is 4.40. The Kier molecular flexibility index (Phi) is 5.18. The van der Waals surface area contributed by atoms with Crippen molar-refractivity contribution in [2.45, 2.75) is 12.8 Å². The summed E-state index contributed by atoms with van der Waals surface area (Å²) in [6, 6.07) is 23.3. The molecule has 0 spiro atoms. The molecular formula is C27H23N5O3. The van der Waals surface area contributed by atoms with Crippen molar-refractivity contribution in [2.75, 3.05) is 19.1 Å². The number of aromatic nitrogens is 3. The molecule has 1 aliphatic heterocycles. The van der Waals surface area contributed by atoms with E-state index in [9.17, 15) is 4.79 Å². The van der Waals surface area contributed by atoms with E-state index in [0.717, 1.165) is 12.8 Å². The number of amides is 1. The van der Waals surface area contributed by atoms with Gasteiger partial charge in [0.05, 0.1) is 16.7 Å². The van der Waals surface area contributed by atoms with E-state index in [0.29, 0.717) is 51.5 Å². The van der Waals surface area contributed by atoms with Gasteiger partial charge in [0.2, 0.25) is 6.79 Å². The molecule has 1 aliphatic rings. The molecule has 2 aromatic heterocycles. The molecule has 0 aliphatic carbocycles. The molecule has 0 radical (unpaired) electrons. The minimum atomic E-state index is -0.273. The summed E-state index contributed by atoms with van der Waals surface area (Å²) in [6.45, 7) is 0.687. The lowest BCUT2D eigenvalue weighted by Gasteiger charge is -2.09. The van der Waals surface area contributed by atoms with Gasteiger partial charge in [0.15, 0.2) is 17.1 Å². The number of nitrogen functional groups attached to an aromatic ring is 1. The topological polar surface area (TPSA) is 104 Å². The Morgan fingerprint density at radius 2 is 1.69 bits per heavy atom. The third kappa shape index (κ3) is 3.78. The van der Waals surface area contributed by atoms with Gasteiger partial charge >= 0.3 is 0 Å². The smallest absolute Gasteiger partial charge is 0.257 e. The van der Waals surface area contributed by atoms with Crippen LogP contribution in [0.1, 0.15) is 22.3 Å². The fraction of sp³-hybridized carbons (Fsp3) is 0.148. The van der Waals surface area contributed by atoms with Gasteiger partial charge in [0.25, 0.3) is 5.91 Å². The molecule has 5 aromatic rings. The summed E-state index contributed by atoms with van der Waals surface area (Å²) in [4.78, 5) is 22.9. The molecule has 0 bridgehead atoms. The molecule has 8 heteroatoms. The highest BCUT2D eigenvalue weighted by molar-refractivity contribution is 6.11. The third-order valence-electron chi connectivity index (χ3n) is 6.11. The van der Waals surface area contributed by atoms with Crippen LogP contribution in [0.25, 0.3) is 27.9 Å². The van der Waals surface area contributed by atoms with E-state index < -0.39 is 0 Å². The van der Waals surface area contributed by atoms with E-state index >= 15 is 0 Å². The van der Waals surface area contributed by atoms with Gasteiger partial charge in [-0.25, -0.2) is 9.97 Å². The number of hydrogen-bond donors (Lipinski definition) is 2. The van der Waals surface area contributed by atoms with E-state index in [4.69, 9.17) is 25.2 Å². The monoisotopic (exact) mass is 465 g/mol. The van der Waals surface area contributed by atoms with E-state index in [1.807, 2.05) is 60.7 Å². The first kappa shape index (κ1) is 21.0. The highest BCUT2D eigenvalue weighted by atomic mass is 16.7. The summed E-state index contributed by atoms with van der Waals surface area (Å²) < 4.78 is 12.7. The molecule has 6 rings (SSSR count). The van der Waals surface area contributed by atoms with Crippen molar-refractivity contribution in [3.8, 4) is 17.2 Å². The summed E-state index contributed by atoms with van der Waals surface area (Å²) in [5.74, 6) is 1.28. The number of anilines is 1. The number of hydrogen-bond acceptors (Lipinski definition) is 6. The molecule has 3 heterocycles. The van der Waals surface area contributed by atoms with E-state index in [2.05, 4.69) is 17.4 Å². The SMILES string of the molecule is Nc1c(C(=O)NCCCc2ccccc2)c2nc3ccccc3nc2n1-c1ccc2c(c1)OCO2. The van der Waals surface area contributed by atoms with Gasteiger partial charge in [0.1, 0.15) is 16.9 Å². The van der Waals surface area contributed by atoms with Crippen LogP contribution in [0.5, 0.6) is 11.5 Å². The fourth-order valence-electron chi connectivity index (χ4n) is 4.40. The van der Waals surface area contributed by atoms with Crippen molar-refractivity contribution in [1.29, 1.82) is 0 Å². The van der Waals surface area contributed by atoms with Crippen molar-refractivity contribution in [1.82, 2.24) is 19.9 Å². The van der Waals surface area contributed by atoms with Gasteiger partial charge in [0, 0.05) is 12.6 Å². The maximum Gasteiger partial charge on any atom is 0.257 e. The molecule has 35 heavy (non-hydrogen) atoms. The minimum Gasteiger partial charge on any atom is -0.454 e. The number of nitrogens with two attached hydrogens (primary N) is 1. The molecule has 3 N–H and O–H groups in total. The summed E-state index contributed by atoms with van der Waals surface area (Å²) >= 11 is 0. The number of nitrogens with one attached hydrogen (secondary N) is 1. The molecule has 0 fully saturated rings. The van der Waals surface area contributed by atoms with Crippen LogP contribution in [-0.4, -0.2) is 33.8 Å². The molecule has 1 amide bonds. The number of benzene rings is 3. The van der Waals surface area contributed by atoms with E-state index in [1.165, 1.54) is 5.56 Å². The van der Waals surface area contributed by atoms with E-state index in [1.54, 1.807) is 4.57 Å². The standard InChI is InChI=1S/C27H23N5O3/c28-25-23(27(33)29-14-6-9-17-7-2-1-3-8-17)24-26(31-20-11-5-4-10-19(20)30-24)32(25)18-12-13-21-22(15-18)35-16-34-21/h1-5,7-8,10-13,15H,6,9,14,16,28H2,(H,29,33). The second kappa shape index (κ2) is 8.64. The molecule has 174 valence electrons. The van der Waals surface area contributed by atoms with Gasteiger partial charge < -0.3 is 20.5 Å². The Labute approximate surface area is 201 Å². The number of rotatable bonds is 6. The largest absolute Gasteiger partial charge is 0.454 e. The number of ether oxygens (including phenoxy) is 2. The Hall–Kier alpha value is -4.59. The number of carbonyl (C=O) groups excluding carboxylic acids is 1. The van der Waals surface area contributed by atoms with Gasteiger partial charge in [-0.3, -0.25) is 9.36 Å². The highest BCUT2D eigenvalue weighted by Crippen LogP contribution is 2.37. The zero-order valence-corrected chi connectivity index (χ0v) is 18.9. The first-order chi connectivity index (χ1) is 17.2. The molecule has 0 saturated heterocycles. The lowest BCUT2D eigenvalue weighted by molar-refractivity contribution is 0.0955. The first-order valence-corrected chi connectivity index (χ1v) is 11.5. The average molecular weight is 466 g/mol. The zero-order valence-electron chi connectivity index (χ0n) is 18.9. The van der Waals surface area contributed by atoms with Crippen LogP contribution in [0.15, 0.2) is 72.8 Å². The average Bonchev–Trinajstić information content (AvgIpc) is 3.46. The van der Waals surface area contributed by atoms with Gasteiger partial charge in [-0.05, 0) is 42.7 Å². The normalized spacial score (nSPS) is 12.3. The number of fused-ring (bicyclic) bond motifs is 3. The van der Waals surface area contributed by atoms with Gasteiger partial charge in [-0.2, -0.15) is 0 Å². The quantitative estimate of drug-likeness (QED) is 0.364. The lowest BCUT2D eigenvalue weighted by Crippen LogP contribution is -2.25. The molecule has 3 aromatic carbocycles. The second-order valence-electron chi connectivity index (χ2n) is 8.36. The van der Waals surface area contributed by atoms with Gasteiger partial charge in [-0.15, -0.1) is 0 Å². The van der Waals surface area contributed by atoms with Crippen LogP contribution in [0.2, 0.25) is 0 Å². The molecule has 0 unspecified atom stereocenters. The summed E-state index contributed by atoms with van der Waals surface area (Å²) in [6.07, 6.45) is 1.69. The number of para-hydroxylation sites is 2.